The van der Waals surface area contributed by atoms with Crippen LogP contribution in [0.1, 0.15) is 36.3 Å². The summed E-state index contributed by atoms with van der Waals surface area (Å²) >= 11 is 0. The lowest BCUT2D eigenvalue weighted by molar-refractivity contribution is 0.210. The Kier molecular flexibility index (Phi) is 5.63. The molecule has 25 heavy (non-hydrogen) atoms. The zero-order valence-corrected chi connectivity index (χ0v) is 16.0. The summed E-state index contributed by atoms with van der Waals surface area (Å²) in [4.78, 5) is 2.20. The smallest absolute Gasteiger partial charge is 0.353 e. The van der Waals surface area contributed by atoms with Gasteiger partial charge in [-0.3, -0.25) is 4.57 Å². The van der Waals surface area contributed by atoms with Crippen LogP contribution in [0.4, 0.5) is 5.69 Å². The van der Waals surface area contributed by atoms with Crippen LogP contribution in [0.3, 0.4) is 0 Å². The van der Waals surface area contributed by atoms with Crippen LogP contribution in [0.5, 0.6) is 0 Å². The minimum atomic E-state index is -3.34. The highest BCUT2D eigenvalue weighted by atomic mass is 31.2. The average Bonchev–Trinajstić information content (AvgIpc) is 2.61. The van der Waals surface area contributed by atoms with Gasteiger partial charge in [-0.25, -0.2) is 0 Å². The molecule has 0 saturated carbocycles. The van der Waals surface area contributed by atoms with Crippen molar-refractivity contribution < 1.29 is 13.6 Å². The summed E-state index contributed by atoms with van der Waals surface area (Å²) in [5.41, 5.74) is 4.51. The number of hydrogen-bond donors (Lipinski definition) is 0. The maximum atomic E-state index is 13.7. The van der Waals surface area contributed by atoms with Crippen LogP contribution in [0, 0.1) is 6.92 Å². The van der Waals surface area contributed by atoms with Gasteiger partial charge in [-0.15, -0.1) is 0 Å². The summed E-state index contributed by atoms with van der Waals surface area (Å²) in [5.74, 6) is -0.418. The molecule has 0 bridgehead atoms. The molecule has 2 aromatic rings. The van der Waals surface area contributed by atoms with Crippen LogP contribution >= 0.6 is 7.60 Å². The van der Waals surface area contributed by atoms with E-state index in [0.717, 1.165) is 29.8 Å². The van der Waals surface area contributed by atoms with Crippen molar-refractivity contribution in [2.75, 3.05) is 24.7 Å². The third kappa shape index (κ3) is 3.52. The van der Waals surface area contributed by atoms with E-state index >= 15 is 0 Å². The molecule has 0 amide bonds. The summed E-state index contributed by atoms with van der Waals surface area (Å²) in [6.45, 7) is 7.31. The summed E-state index contributed by atoms with van der Waals surface area (Å²) < 4.78 is 25.2. The lowest BCUT2D eigenvalue weighted by atomic mass is 9.98. The minimum Gasteiger partial charge on any atom is -0.353 e. The highest BCUT2D eigenvalue weighted by molar-refractivity contribution is 7.54. The topological polar surface area (TPSA) is 38.8 Å². The fourth-order valence-corrected chi connectivity index (χ4v) is 5.81. The van der Waals surface area contributed by atoms with Crippen molar-refractivity contribution in [3.63, 3.8) is 0 Å². The number of benzene rings is 2. The fourth-order valence-electron chi connectivity index (χ4n) is 3.56. The Hall–Kier alpha value is -1.61. The van der Waals surface area contributed by atoms with Gasteiger partial charge in [0.15, 0.2) is 5.78 Å². The molecule has 0 fully saturated rings. The van der Waals surface area contributed by atoms with Crippen molar-refractivity contribution in [2.45, 2.75) is 33.0 Å². The predicted octanol–water partition coefficient (Wildman–Crippen LogP) is 5.32. The van der Waals surface area contributed by atoms with Gasteiger partial charge in [-0.05, 0) is 49.9 Å². The molecule has 3 rings (SSSR count). The molecule has 1 atom stereocenters. The second-order valence-corrected chi connectivity index (χ2v) is 8.26. The van der Waals surface area contributed by atoms with Crippen LogP contribution in [-0.4, -0.2) is 19.8 Å². The van der Waals surface area contributed by atoms with Crippen molar-refractivity contribution in [1.29, 1.82) is 0 Å². The number of rotatable bonds is 6. The third-order valence-corrected chi connectivity index (χ3v) is 6.99. The Morgan fingerprint density at radius 2 is 1.68 bits per heavy atom. The maximum Gasteiger partial charge on any atom is 0.357 e. The first kappa shape index (κ1) is 18.2. The largest absolute Gasteiger partial charge is 0.357 e. The van der Waals surface area contributed by atoms with Crippen LogP contribution in [0.15, 0.2) is 48.5 Å². The van der Waals surface area contributed by atoms with E-state index < -0.39 is 13.4 Å². The second kappa shape index (κ2) is 7.74. The number of anilines is 1. The summed E-state index contributed by atoms with van der Waals surface area (Å²) in [7, 11) is -3.34. The van der Waals surface area contributed by atoms with Gasteiger partial charge in [-0.2, -0.15) is 0 Å². The molecule has 0 aliphatic carbocycles. The Labute approximate surface area is 150 Å². The molecule has 0 aromatic heterocycles. The number of fused-ring (bicyclic) bond motifs is 1. The second-order valence-electron chi connectivity index (χ2n) is 6.18. The van der Waals surface area contributed by atoms with Crippen molar-refractivity contribution in [1.82, 2.24) is 0 Å². The van der Waals surface area contributed by atoms with Crippen LogP contribution in [0.2, 0.25) is 0 Å². The zero-order valence-electron chi connectivity index (χ0n) is 15.1. The lowest BCUT2D eigenvalue weighted by Gasteiger charge is -2.42. The van der Waals surface area contributed by atoms with E-state index in [1.165, 1.54) is 5.56 Å². The van der Waals surface area contributed by atoms with Gasteiger partial charge < -0.3 is 13.9 Å². The Morgan fingerprint density at radius 1 is 1.04 bits per heavy atom. The molecule has 2 aromatic carbocycles. The van der Waals surface area contributed by atoms with Crippen molar-refractivity contribution >= 4 is 13.3 Å². The summed E-state index contributed by atoms with van der Waals surface area (Å²) in [5, 5.41) is 0. The number of aryl methyl sites for hydroxylation is 1. The third-order valence-electron chi connectivity index (χ3n) is 4.59. The van der Waals surface area contributed by atoms with Gasteiger partial charge >= 0.3 is 7.60 Å². The monoisotopic (exact) mass is 359 g/mol. The van der Waals surface area contributed by atoms with E-state index in [9.17, 15) is 4.57 Å². The highest BCUT2D eigenvalue weighted by Gasteiger charge is 2.44. The van der Waals surface area contributed by atoms with Crippen LogP contribution in [0.25, 0.3) is 0 Å². The predicted molar refractivity (Wildman–Crippen MR) is 102 cm³/mol. The normalized spacial score (nSPS) is 17.4. The first-order valence-corrected chi connectivity index (χ1v) is 10.5. The van der Waals surface area contributed by atoms with Crippen LogP contribution in [-0.2, 0) is 20.0 Å². The summed E-state index contributed by atoms with van der Waals surface area (Å²) in [6.07, 6.45) is 0.916. The Bertz CT molecular complexity index is 767. The Balaban J connectivity index is 2.15. The van der Waals surface area contributed by atoms with Gasteiger partial charge in [0, 0.05) is 12.2 Å². The molecular formula is C20H26NO3P. The van der Waals surface area contributed by atoms with Crippen molar-refractivity contribution in [2.24, 2.45) is 0 Å². The Morgan fingerprint density at radius 3 is 2.36 bits per heavy atom. The first-order chi connectivity index (χ1) is 12.1. The minimum absolute atomic E-state index is 0.359. The van der Waals surface area contributed by atoms with E-state index in [2.05, 4.69) is 36.1 Å². The van der Waals surface area contributed by atoms with Gasteiger partial charge in [-0.1, -0.05) is 42.5 Å². The molecule has 1 unspecified atom stereocenters. The van der Waals surface area contributed by atoms with Gasteiger partial charge in [0.1, 0.15) is 0 Å². The summed E-state index contributed by atoms with van der Waals surface area (Å²) in [6, 6.07) is 16.4. The van der Waals surface area contributed by atoms with E-state index in [4.69, 9.17) is 9.05 Å². The number of nitrogens with zero attached hydrogens (tertiary/aromatic N) is 1. The SMILES string of the molecule is CCOP(=O)(OCC)C1c2ccccc2CCN1c1ccccc1C. The molecule has 1 aliphatic rings. The molecule has 0 N–H and O–H groups in total. The molecule has 1 heterocycles. The molecular weight excluding hydrogens is 333 g/mol. The maximum absolute atomic E-state index is 13.7. The molecule has 5 heteroatoms. The van der Waals surface area contributed by atoms with Crippen molar-refractivity contribution in [3.8, 4) is 0 Å². The molecule has 1 aliphatic heterocycles. The standard InChI is InChI=1S/C20H26NO3P/c1-4-23-25(22,24-5-2)20-18-12-8-7-11-17(18)14-15-21(20)19-13-9-6-10-16(19)3/h6-13,20H,4-5,14-15H2,1-3H3. The van der Waals surface area contributed by atoms with E-state index in [-0.39, 0.29) is 0 Å². The molecule has 4 nitrogen and oxygen atoms in total. The van der Waals surface area contributed by atoms with Crippen molar-refractivity contribution in [3.05, 3.63) is 65.2 Å². The number of hydrogen-bond acceptors (Lipinski definition) is 4. The van der Waals surface area contributed by atoms with E-state index in [0.29, 0.717) is 13.2 Å². The molecule has 0 saturated heterocycles. The quantitative estimate of drug-likeness (QED) is 0.654. The van der Waals surface area contributed by atoms with E-state index in [1.54, 1.807) is 0 Å². The lowest BCUT2D eigenvalue weighted by Crippen LogP contribution is -2.36. The van der Waals surface area contributed by atoms with Gasteiger partial charge in [0.2, 0.25) is 0 Å². The molecule has 0 spiro atoms. The molecule has 134 valence electrons. The zero-order chi connectivity index (χ0) is 17.9. The van der Waals surface area contributed by atoms with Crippen LogP contribution < -0.4 is 4.90 Å². The number of para-hydroxylation sites is 1. The van der Waals surface area contributed by atoms with E-state index in [1.807, 2.05) is 38.1 Å². The molecule has 0 radical (unpaired) electrons. The first-order valence-electron chi connectivity index (χ1n) is 8.89. The van der Waals surface area contributed by atoms with Gasteiger partial charge in [0.05, 0.1) is 13.2 Å². The van der Waals surface area contributed by atoms with Gasteiger partial charge in [0.25, 0.3) is 0 Å². The highest BCUT2D eigenvalue weighted by Crippen LogP contribution is 2.64. The average molecular weight is 359 g/mol. The fraction of sp³-hybridized carbons (Fsp3) is 0.400.